The zero-order chi connectivity index (χ0) is 17.7. The van der Waals surface area contributed by atoms with Gasteiger partial charge in [0.15, 0.2) is 5.78 Å². The third-order valence-corrected chi connectivity index (χ3v) is 3.81. The molecule has 0 saturated heterocycles. The van der Waals surface area contributed by atoms with E-state index in [1.807, 2.05) is 0 Å². The lowest BCUT2D eigenvalue weighted by Crippen LogP contribution is -2.30. The molecule has 6 heteroatoms. The van der Waals surface area contributed by atoms with Crippen LogP contribution < -0.4 is 5.32 Å². The van der Waals surface area contributed by atoms with Crippen LogP contribution in [-0.4, -0.2) is 30.2 Å². The number of nitrogens with one attached hydrogen (secondary N) is 1. The van der Waals surface area contributed by atoms with Crippen LogP contribution >= 0.6 is 11.6 Å². The summed E-state index contributed by atoms with van der Waals surface area (Å²) in [6.07, 6.45) is 0. The number of likely N-dealkylation sites (N-methyl/N-ethyl adjacent to an activating group) is 1. The summed E-state index contributed by atoms with van der Waals surface area (Å²) in [7, 11) is 1.70. The highest BCUT2D eigenvalue weighted by Crippen LogP contribution is 2.20. The predicted octanol–water partition coefficient (Wildman–Crippen LogP) is 3.75. The van der Waals surface area contributed by atoms with Crippen molar-refractivity contribution in [1.29, 1.82) is 0 Å². The molecule has 0 atom stereocenters. The fourth-order valence-corrected chi connectivity index (χ4v) is 2.49. The SMILES string of the molecule is CC(=O)c1cccc(NC(=O)CN(C)Cc2c(F)cccc2Cl)c1. The fourth-order valence-electron chi connectivity index (χ4n) is 2.27. The molecule has 0 aliphatic carbocycles. The molecule has 2 aromatic carbocycles. The Morgan fingerprint density at radius 2 is 1.92 bits per heavy atom. The Morgan fingerprint density at radius 3 is 2.58 bits per heavy atom. The van der Waals surface area contributed by atoms with Gasteiger partial charge in [0, 0.05) is 28.4 Å². The van der Waals surface area contributed by atoms with Gasteiger partial charge in [-0.25, -0.2) is 4.39 Å². The second-order valence-corrected chi connectivity index (χ2v) is 5.96. The minimum atomic E-state index is -0.399. The Labute approximate surface area is 145 Å². The van der Waals surface area contributed by atoms with Crippen molar-refractivity contribution in [3.63, 3.8) is 0 Å². The molecule has 0 unspecified atom stereocenters. The zero-order valence-corrected chi connectivity index (χ0v) is 14.2. The molecule has 0 spiro atoms. The largest absolute Gasteiger partial charge is 0.325 e. The van der Waals surface area contributed by atoms with E-state index in [4.69, 9.17) is 11.6 Å². The van der Waals surface area contributed by atoms with Gasteiger partial charge < -0.3 is 5.32 Å². The van der Waals surface area contributed by atoms with E-state index in [-0.39, 0.29) is 24.8 Å². The highest BCUT2D eigenvalue weighted by atomic mass is 35.5. The number of halogens is 2. The van der Waals surface area contributed by atoms with Crippen molar-refractivity contribution in [2.45, 2.75) is 13.5 Å². The quantitative estimate of drug-likeness (QED) is 0.809. The highest BCUT2D eigenvalue weighted by molar-refractivity contribution is 6.31. The number of carbonyl (C=O) groups excluding carboxylic acids is 2. The Balaban J connectivity index is 1.97. The summed E-state index contributed by atoms with van der Waals surface area (Å²) >= 11 is 5.99. The van der Waals surface area contributed by atoms with Crippen LogP contribution in [0, 0.1) is 5.82 Å². The van der Waals surface area contributed by atoms with Crippen molar-refractivity contribution in [2.24, 2.45) is 0 Å². The molecule has 0 aliphatic rings. The molecular weight excluding hydrogens is 331 g/mol. The van der Waals surface area contributed by atoms with E-state index >= 15 is 0 Å². The lowest BCUT2D eigenvalue weighted by molar-refractivity contribution is -0.117. The molecule has 0 bridgehead atoms. The summed E-state index contributed by atoms with van der Waals surface area (Å²) < 4.78 is 13.8. The standard InChI is InChI=1S/C18H18ClFN2O2/c1-12(23)13-5-3-6-14(9-13)21-18(24)11-22(2)10-15-16(19)7-4-8-17(15)20/h3-9H,10-11H2,1-2H3,(H,21,24). The van der Waals surface area contributed by atoms with Crippen LogP contribution in [0.1, 0.15) is 22.8 Å². The summed E-state index contributed by atoms with van der Waals surface area (Å²) in [5.74, 6) is -0.730. The van der Waals surface area contributed by atoms with E-state index in [2.05, 4.69) is 5.32 Å². The highest BCUT2D eigenvalue weighted by Gasteiger charge is 2.13. The number of nitrogens with zero attached hydrogens (tertiary/aromatic N) is 1. The van der Waals surface area contributed by atoms with Crippen LogP contribution in [0.15, 0.2) is 42.5 Å². The number of hydrogen-bond donors (Lipinski definition) is 1. The third kappa shape index (κ3) is 4.88. The zero-order valence-electron chi connectivity index (χ0n) is 13.5. The molecule has 1 N–H and O–H groups in total. The van der Waals surface area contributed by atoms with Gasteiger partial charge in [-0.2, -0.15) is 0 Å². The van der Waals surface area contributed by atoms with E-state index in [9.17, 15) is 14.0 Å². The van der Waals surface area contributed by atoms with Crippen LogP contribution in [0.4, 0.5) is 10.1 Å². The summed E-state index contributed by atoms with van der Waals surface area (Å²) in [5, 5.41) is 3.05. The average Bonchev–Trinajstić information content (AvgIpc) is 2.51. The number of anilines is 1. The second kappa shape index (κ2) is 8.04. The minimum Gasteiger partial charge on any atom is -0.325 e. The van der Waals surface area contributed by atoms with Crippen molar-refractivity contribution in [2.75, 3.05) is 18.9 Å². The molecule has 0 fully saturated rings. The van der Waals surface area contributed by atoms with Gasteiger partial charge in [-0.05, 0) is 38.2 Å². The number of amides is 1. The van der Waals surface area contributed by atoms with E-state index < -0.39 is 5.82 Å². The van der Waals surface area contributed by atoms with E-state index in [1.54, 1.807) is 42.3 Å². The summed E-state index contributed by atoms with van der Waals surface area (Å²) in [6.45, 7) is 1.74. The van der Waals surface area contributed by atoms with E-state index in [1.165, 1.54) is 19.1 Å². The lowest BCUT2D eigenvalue weighted by atomic mass is 10.1. The number of rotatable bonds is 6. The Hall–Kier alpha value is -2.24. The van der Waals surface area contributed by atoms with Gasteiger partial charge >= 0.3 is 0 Å². The molecule has 0 radical (unpaired) electrons. The van der Waals surface area contributed by atoms with Crippen LogP contribution in [0.2, 0.25) is 5.02 Å². The topological polar surface area (TPSA) is 49.4 Å². The molecule has 2 aromatic rings. The molecule has 0 aliphatic heterocycles. The lowest BCUT2D eigenvalue weighted by Gasteiger charge is -2.17. The maximum absolute atomic E-state index is 13.8. The van der Waals surface area contributed by atoms with Gasteiger partial charge in [0.05, 0.1) is 6.54 Å². The molecule has 0 aromatic heterocycles. The van der Waals surface area contributed by atoms with Gasteiger partial charge in [0.2, 0.25) is 5.91 Å². The first-order valence-electron chi connectivity index (χ1n) is 7.39. The van der Waals surface area contributed by atoms with Gasteiger partial charge in [-0.15, -0.1) is 0 Å². The van der Waals surface area contributed by atoms with Gasteiger partial charge in [-0.1, -0.05) is 29.8 Å². The number of benzene rings is 2. The van der Waals surface area contributed by atoms with E-state index in [0.29, 0.717) is 21.8 Å². The molecule has 4 nitrogen and oxygen atoms in total. The molecule has 2 rings (SSSR count). The maximum Gasteiger partial charge on any atom is 0.238 e. The molecule has 126 valence electrons. The first kappa shape index (κ1) is 18.1. The Bertz CT molecular complexity index is 744. The normalized spacial score (nSPS) is 10.7. The van der Waals surface area contributed by atoms with Crippen molar-refractivity contribution in [1.82, 2.24) is 4.90 Å². The van der Waals surface area contributed by atoms with Gasteiger partial charge in [0.1, 0.15) is 5.82 Å². The molecular formula is C18H18ClFN2O2. The Kier molecular flexibility index (Phi) is 6.06. The van der Waals surface area contributed by atoms with Crippen molar-refractivity contribution in [3.8, 4) is 0 Å². The fraction of sp³-hybridized carbons (Fsp3) is 0.222. The average molecular weight is 349 g/mol. The van der Waals surface area contributed by atoms with Crippen LogP contribution in [0.3, 0.4) is 0 Å². The molecule has 0 heterocycles. The van der Waals surface area contributed by atoms with Crippen LogP contribution in [0.5, 0.6) is 0 Å². The molecule has 1 amide bonds. The van der Waals surface area contributed by atoms with Crippen LogP contribution in [0.25, 0.3) is 0 Å². The summed E-state index contributed by atoms with van der Waals surface area (Å²) in [6, 6.07) is 11.2. The van der Waals surface area contributed by atoms with Crippen molar-refractivity contribution in [3.05, 3.63) is 64.4 Å². The van der Waals surface area contributed by atoms with Crippen molar-refractivity contribution < 1.29 is 14.0 Å². The number of ketones is 1. The number of hydrogen-bond acceptors (Lipinski definition) is 3. The summed E-state index contributed by atoms with van der Waals surface area (Å²) in [4.78, 5) is 25.1. The third-order valence-electron chi connectivity index (χ3n) is 3.46. The van der Waals surface area contributed by atoms with E-state index in [0.717, 1.165) is 0 Å². The first-order valence-corrected chi connectivity index (χ1v) is 7.77. The smallest absolute Gasteiger partial charge is 0.238 e. The number of carbonyl (C=O) groups is 2. The first-order chi connectivity index (χ1) is 11.4. The van der Waals surface area contributed by atoms with Crippen molar-refractivity contribution >= 4 is 29.0 Å². The van der Waals surface area contributed by atoms with Gasteiger partial charge in [-0.3, -0.25) is 14.5 Å². The monoisotopic (exact) mass is 348 g/mol. The second-order valence-electron chi connectivity index (χ2n) is 5.56. The molecule has 0 saturated carbocycles. The molecule has 24 heavy (non-hydrogen) atoms. The minimum absolute atomic E-state index is 0.0644. The van der Waals surface area contributed by atoms with Crippen LogP contribution in [-0.2, 0) is 11.3 Å². The summed E-state index contributed by atoms with van der Waals surface area (Å²) in [5.41, 5.74) is 1.43. The number of Topliss-reactive ketones (excluding diaryl/α,β-unsaturated/α-hetero) is 1. The maximum atomic E-state index is 13.8. The Morgan fingerprint density at radius 1 is 1.21 bits per heavy atom. The van der Waals surface area contributed by atoms with Gasteiger partial charge in [0.25, 0.3) is 0 Å². The predicted molar refractivity (Wildman–Crippen MR) is 92.8 cm³/mol.